The zero-order chi connectivity index (χ0) is 23.7. The maximum absolute atomic E-state index is 13.4. The minimum atomic E-state index is -3.86. The van der Waals surface area contributed by atoms with Crippen molar-refractivity contribution >= 4 is 21.6 Å². The van der Waals surface area contributed by atoms with E-state index in [4.69, 9.17) is 4.74 Å². The lowest BCUT2D eigenvalue weighted by Gasteiger charge is -2.35. The first-order chi connectivity index (χ1) is 16.4. The number of nitrogens with zero attached hydrogens (tertiary/aromatic N) is 1. The van der Waals surface area contributed by atoms with Crippen LogP contribution < -0.4 is 14.4 Å². The van der Waals surface area contributed by atoms with Crippen molar-refractivity contribution < 1.29 is 17.9 Å². The number of rotatable bonds is 5. The first-order valence-electron chi connectivity index (χ1n) is 11.7. The van der Waals surface area contributed by atoms with Crippen LogP contribution in [0.25, 0.3) is 0 Å². The molecule has 2 aliphatic rings. The van der Waals surface area contributed by atoms with Gasteiger partial charge in [-0.25, -0.2) is 8.42 Å². The summed E-state index contributed by atoms with van der Waals surface area (Å²) in [5.74, 6) is 0.0304. The van der Waals surface area contributed by atoms with Crippen molar-refractivity contribution in [2.45, 2.75) is 49.6 Å². The molecule has 0 aromatic heterocycles. The maximum Gasteiger partial charge on any atom is 0.264 e. The largest absolute Gasteiger partial charge is 0.476 e. The highest BCUT2D eigenvalue weighted by Gasteiger charge is 2.37. The quantitative estimate of drug-likeness (QED) is 0.592. The molecule has 3 aromatic rings. The molecular weight excluding hydrogens is 448 g/mol. The molecule has 34 heavy (non-hydrogen) atoms. The van der Waals surface area contributed by atoms with Crippen LogP contribution >= 0.6 is 0 Å². The highest BCUT2D eigenvalue weighted by atomic mass is 32.2. The summed E-state index contributed by atoms with van der Waals surface area (Å²) in [6.45, 7) is 1.84. The molecule has 3 aromatic carbocycles. The second kappa shape index (κ2) is 9.14. The van der Waals surface area contributed by atoms with Gasteiger partial charge in [0.05, 0.1) is 23.2 Å². The fourth-order valence-corrected chi connectivity index (χ4v) is 6.20. The van der Waals surface area contributed by atoms with Crippen LogP contribution in [0.3, 0.4) is 0 Å². The van der Waals surface area contributed by atoms with Crippen molar-refractivity contribution in [1.29, 1.82) is 0 Å². The third-order valence-electron chi connectivity index (χ3n) is 6.59. The van der Waals surface area contributed by atoms with E-state index < -0.39 is 16.1 Å². The third-order valence-corrected chi connectivity index (χ3v) is 8.38. The molecule has 0 saturated heterocycles. The van der Waals surface area contributed by atoms with Crippen molar-refractivity contribution in [3.05, 3.63) is 89.5 Å². The fraction of sp³-hybridized carbons (Fsp3) is 0.296. The van der Waals surface area contributed by atoms with Gasteiger partial charge in [-0.1, -0.05) is 48.5 Å². The lowest BCUT2D eigenvalue weighted by atomic mass is 9.89. The Morgan fingerprint density at radius 1 is 0.971 bits per heavy atom. The number of amides is 1. The number of ether oxygens (including phenoxy) is 1. The van der Waals surface area contributed by atoms with E-state index in [2.05, 4.69) is 23.5 Å². The lowest BCUT2D eigenvalue weighted by Crippen LogP contribution is -2.51. The minimum Gasteiger partial charge on any atom is -0.476 e. The Morgan fingerprint density at radius 3 is 2.47 bits per heavy atom. The number of sulfonamides is 1. The van der Waals surface area contributed by atoms with Gasteiger partial charge in [0.1, 0.15) is 5.75 Å². The van der Waals surface area contributed by atoms with Gasteiger partial charge < -0.3 is 10.1 Å². The monoisotopic (exact) mass is 476 g/mol. The summed E-state index contributed by atoms with van der Waals surface area (Å²) < 4.78 is 34.1. The van der Waals surface area contributed by atoms with Crippen molar-refractivity contribution in [3.8, 4) is 5.75 Å². The molecule has 1 aliphatic carbocycles. The normalized spacial score (nSPS) is 18.3. The Bertz CT molecular complexity index is 1310. The number of benzene rings is 3. The second-order valence-electron chi connectivity index (χ2n) is 8.89. The molecule has 0 fully saturated rings. The van der Waals surface area contributed by atoms with Gasteiger partial charge in [-0.2, -0.15) is 0 Å². The summed E-state index contributed by atoms with van der Waals surface area (Å²) in [6.07, 6.45) is 3.63. The van der Waals surface area contributed by atoms with Gasteiger partial charge in [0.15, 0.2) is 6.10 Å². The summed E-state index contributed by atoms with van der Waals surface area (Å²) >= 11 is 0. The highest BCUT2D eigenvalue weighted by molar-refractivity contribution is 7.92. The van der Waals surface area contributed by atoms with E-state index >= 15 is 0 Å². The van der Waals surface area contributed by atoms with E-state index in [9.17, 15) is 13.2 Å². The molecule has 6 nitrogen and oxygen atoms in total. The summed E-state index contributed by atoms with van der Waals surface area (Å²) in [5, 5.41) is 3.03. The van der Waals surface area contributed by atoms with E-state index in [0.29, 0.717) is 11.4 Å². The average Bonchev–Trinajstić information content (AvgIpc) is 2.88. The number of fused-ring (bicyclic) bond motifs is 2. The van der Waals surface area contributed by atoms with Crippen molar-refractivity contribution in [2.75, 3.05) is 10.8 Å². The molecular formula is C27H28N2O4S. The molecule has 0 radical (unpaired) electrons. The Balaban J connectivity index is 1.38. The summed E-state index contributed by atoms with van der Waals surface area (Å²) in [4.78, 5) is 13.4. The van der Waals surface area contributed by atoms with Gasteiger partial charge in [-0.05, 0) is 73.6 Å². The second-order valence-corrected chi connectivity index (χ2v) is 10.8. The van der Waals surface area contributed by atoms with Crippen molar-refractivity contribution in [2.24, 2.45) is 0 Å². The number of nitrogens with one attached hydrogen (secondary N) is 1. The maximum atomic E-state index is 13.4. The molecule has 2 atom stereocenters. The third kappa shape index (κ3) is 4.28. The summed E-state index contributed by atoms with van der Waals surface area (Å²) in [6, 6.07) is 21.3. The van der Waals surface area contributed by atoms with Crippen LogP contribution in [0.5, 0.6) is 5.75 Å². The summed E-state index contributed by atoms with van der Waals surface area (Å²) in [5.41, 5.74) is 4.22. The minimum absolute atomic E-state index is 0.100. The SMILES string of the molecule is C[C@@H](NC(=O)[C@@H]1CN(S(=O)(=O)c2ccccc2)c2ccccc2O1)c1ccc2c(c1)CCCC2. The van der Waals surface area contributed by atoms with E-state index in [-0.39, 0.29) is 23.4 Å². The number of aryl methyl sites for hydroxylation is 2. The highest BCUT2D eigenvalue weighted by Crippen LogP contribution is 2.37. The standard InChI is InChI=1S/C27H28N2O4S/c1-19(21-16-15-20-9-5-6-10-22(20)17-21)28-27(30)26-18-29(24-13-7-8-14-25(24)33-26)34(31,32)23-11-3-2-4-12-23/h2-4,7-8,11-17,19,26H,5-6,9-10,18H2,1H3,(H,28,30)/t19-,26+/m1/s1. The number of hydrogen-bond acceptors (Lipinski definition) is 4. The number of hydrogen-bond donors (Lipinski definition) is 1. The molecule has 1 heterocycles. The number of para-hydroxylation sites is 2. The summed E-state index contributed by atoms with van der Waals surface area (Å²) in [7, 11) is -3.86. The molecule has 1 amide bonds. The molecule has 1 N–H and O–H groups in total. The fourth-order valence-electron chi connectivity index (χ4n) is 4.70. The molecule has 7 heteroatoms. The van der Waals surface area contributed by atoms with Crippen molar-refractivity contribution in [1.82, 2.24) is 5.32 Å². The Morgan fingerprint density at radius 2 is 1.68 bits per heavy atom. The van der Waals surface area contributed by atoms with E-state index in [1.807, 2.05) is 6.92 Å². The zero-order valence-corrected chi connectivity index (χ0v) is 19.9. The van der Waals surface area contributed by atoms with Crippen LogP contribution in [0.15, 0.2) is 77.7 Å². The number of anilines is 1. The van der Waals surface area contributed by atoms with Gasteiger partial charge in [-0.15, -0.1) is 0 Å². The molecule has 176 valence electrons. The Labute approximate surface area is 200 Å². The predicted octanol–water partition coefficient (Wildman–Crippen LogP) is 4.40. The van der Waals surface area contributed by atoms with E-state index in [1.54, 1.807) is 54.6 Å². The van der Waals surface area contributed by atoms with Crippen LogP contribution in [0.2, 0.25) is 0 Å². The van der Waals surface area contributed by atoms with E-state index in [0.717, 1.165) is 18.4 Å². The molecule has 0 spiro atoms. The molecule has 5 rings (SSSR count). The van der Waals surface area contributed by atoms with Crippen LogP contribution in [-0.2, 0) is 27.7 Å². The van der Waals surface area contributed by atoms with Gasteiger partial charge in [-0.3, -0.25) is 9.10 Å². The zero-order valence-electron chi connectivity index (χ0n) is 19.1. The molecule has 0 bridgehead atoms. The Kier molecular flexibility index (Phi) is 6.04. The smallest absolute Gasteiger partial charge is 0.264 e. The molecule has 1 aliphatic heterocycles. The van der Waals surface area contributed by atoms with Crippen LogP contribution in [0, 0.1) is 0 Å². The topological polar surface area (TPSA) is 75.7 Å². The van der Waals surface area contributed by atoms with Gasteiger partial charge in [0.25, 0.3) is 15.9 Å². The molecule has 0 saturated carbocycles. The lowest BCUT2D eigenvalue weighted by molar-refractivity contribution is -0.128. The average molecular weight is 477 g/mol. The molecule has 0 unspecified atom stereocenters. The Hall–Kier alpha value is -3.32. The van der Waals surface area contributed by atoms with Crippen LogP contribution in [0.1, 0.15) is 42.5 Å². The first-order valence-corrected chi connectivity index (χ1v) is 13.1. The number of carbonyl (C=O) groups is 1. The first kappa shape index (κ1) is 22.5. The number of carbonyl (C=O) groups excluding carboxylic acids is 1. The van der Waals surface area contributed by atoms with Gasteiger partial charge in [0.2, 0.25) is 0 Å². The van der Waals surface area contributed by atoms with Crippen LogP contribution in [0.4, 0.5) is 5.69 Å². The van der Waals surface area contributed by atoms with E-state index in [1.165, 1.54) is 28.3 Å². The van der Waals surface area contributed by atoms with Gasteiger partial charge >= 0.3 is 0 Å². The van der Waals surface area contributed by atoms with Crippen molar-refractivity contribution in [3.63, 3.8) is 0 Å². The van der Waals surface area contributed by atoms with Crippen LogP contribution in [-0.4, -0.2) is 27.0 Å². The van der Waals surface area contributed by atoms with Gasteiger partial charge in [0, 0.05) is 0 Å². The predicted molar refractivity (Wildman–Crippen MR) is 131 cm³/mol.